The number of rotatable bonds is 6. The van der Waals surface area contributed by atoms with Crippen molar-refractivity contribution in [3.05, 3.63) is 64.7 Å². The van der Waals surface area contributed by atoms with Crippen LogP contribution in [0.25, 0.3) is 0 Å². The van der Waals surface area contributed by atoms with Gasteiger partial charge in [-0.2, -0.15) is 0 Å². The molecule has 1 atom stereocenters. The Balaban J connectivity index is 2.23. The van der Waals surface area contributed by atoms with E-state index in [0.29, 0.717) is 11.5 Å². The predicted octanol–water partition coefficient (Wildman–Crippen LogP) is 1.85. The highest BCUT2D eigenvalue weighted by Gasteiger charge is 2.36. The Morgan fingerprint density at radius 2 is 1.59 bits per heavy atom. The molecule has 0 heterocycles. The van der Waals surface area contributed by atoms with Crippen LogP contribution in [-0.2, 0) is 9.84 Å². The number of benzene rings is 2. The Hall–Kier alpha value is -2.45. The predicted molar refractivity (Wildman–Crippen MR) is 78.0 cm³/mol. The van der Waals surface area contributed by atoms with Gasteiger partial charge in [0.1, 0.15) is 18.1 Å². The molecule has 0 aromatic heterocycles. The van der Waals surface area contributed by atoms with Gasteiger partial charge in [-0.3, -0.25) is 10.1 Å². The van der Waals surface area contributed by atoms with E-state index in [1.807, 2.05) is 6.07 Å². The Labute approximate surface area is 126 Å². The van der Waals surface area contributed by atoms with Gasteiger partial charge in [-0.1, -0.05) is 18.2 Å². The molecule has 22 heavy (non-hydrogen) atoms. The van der Waals surface area contributed by atoms with Crippen LogP contribution in [0, 0.1) is 10.1 Å². The first kappa shape index (κ1) is 15.9. The van der Waals surface area contributed by atoms with E-state index in [-0.39, 0.29) is 4.90 Å². The number of aliphatic hydroxyl groups excluding tert-OH is 1. The highest BCUT2D eigenvalue weighted by molar-refractivity contribution is 7.91. The first-order valence-corrected chi connectivity index (χ1v) is 7.81. The van der Waals surface area contributed by atoms with E-state index in [2.05, 4.69) is 0 Å². The number of hydrogen-bond acceptors (Lipinski definition) is 6. The van der Waals surface area contributed by atoms with Gasteiger partial charge in [0, 0.05) is 4.92 Å². The SMILES string of the molecule is O=[N+]([O-])C(CO)S(=O)(=O)c1ccc(Oc2ccccc2)cc1. The molecule has 0 radical (unpaired) electrons. The summed E-state index contributed by atoms with van der Waals surface area (Å²) < 4.78 is 29.6. The highest BCUT2D eigenvalue weighted by atomic mass is 32.2. The van der Waals surface area contributed by atoms with Crippen LogP contribution in [0.1, 0.15) is 0 Å². The fraction of sp³-hybridized carbons (Fsp3) is 0.143. The maximum absolute atomic E-state index is 12.0. The van der Waals surface area contributed by atoms with Crippen molar-refractivity contribution in [2.45, 2.75) is 10.3 Å². The summed E-state index contributed by atoms with van der Waals surface area (Å²) in [5.41, 5.74) is 0. The largest absolute Gasteiger partial charge is 0.457 e. The lowest BCUT2D eigenvalue weighted by atomic mass is 10.3. The zero-order chi connectivity index (χ0) is 16.2. The van der Waals surface area contributed by atoms with Crippen molar-refractivity contribution >= 4 is 9.84 Å². The topological polar surface area (TPSA) is 107 Å². The molecule has 2 aromatic rings. The van der Waals surface area contributed by atoms with Crippen LogP contribution in [0.2, 0.25) is 0 Å². The second-order valence-corrected chi connectivity index (χ2v) is 6.46. The third-order valence-electron chi connectivity index (χ3n) is 2.88. The summed E-state index contributed by atoms with van der Waals surface area (Å²) in [4.78, 5) is 9.43. The van der Waals surface area contributed by atoms with E-state index in [4.69, 9.17) is 9.84 Å². The Kier molecular flexibility index (Phi) is 4.74. The fourth-order valence-corrected chi connectivity index (χ4v) is 3.01. The third-order valence-corrected chi connectivity index (χ3v) is 4.85. The van der Waals surface area contributed by atoms with E-state index in [9.17, 15) is 18.5 Å². The average molecular weight is 323 g/mol. The van der Waals surface area contributed by atoms with Crippen LogP contribution in [0.3, 0.4) is 0 Å². The average Bonchev–Trinajstić information content (AvgIpc) is 2.49. The lowest BCUT2D eigenvalue weighted by Gasteiger charge is -2.09. The summed E-state index contributed by atoms with van der Waals surface area (Å²) in [6.07, 6.45) is 0. The van der Waals surface area contributed by atoms with Crippen molar-refractivity contribution in [3.63, 3.8) is 0 Å². The standard InChI is InChI=1S/C14H13NO6S/c16-10-14(15(17)18)22(19,20)13-8-6-12(7-9-13)21-11-4-2-1-3-5-11/h1-9,14,16H,10H2. The van der Waals surface area contributed by atoms with Gasteiger partial charge in [0.2, 0.25) is 9.84 Å². The number of ether oxygens (including phenoxy) is 1. The minimum Gasteiger partial charge on any atom is -0.457 e. The molecule has 0 spiro atoms. The van der Waals surface area contributed by atoms with Crippen molar-refractivity contribution in [1.29, 1.82) is 0 Å². The summed E-state index contributed by atoms with van der Waals surface area (Å²) in [6.45, 7) is -1.09. The molecule has 2 rings (SSSR count). The molecular weight excluding hydrogens is 310 g/mol. The highest BCUT2D eigenvalue weighted by Crippen LogP contribution is 2.24. The molecule has 1 unspecified atom stereocenters. The van der Waals surface area contributed by atoms with Crippen molar-refractivity contribution in [3.8, 4) is 11.5 Å². The molecule has 1 N–H and O–H groups in total. The minimum absolute atomic E-state index is 0.247. The summed E-state index contributed by atoms with van der Waals surface area (Å²) in [6, 6.07) is 14.1. The number of para-hydroxylation sites is 1. The van der Waals surface area contributed by atoms with Gasteiger partial charge in [0.15, 0.2) is 0 Å². The Morgan fingerprint density at radius 1 is 1.05 bits per heavy atom. The van der Waals surface area contributed by atoms with Crippen LogP contribution in [0.15, 0.2) is 59.5 Å². The van der Waals surface area contributed by atoms with Crippen LogP contribution < -0.4 is 4.74 Å². The molecule has 116 valence electrons. The maximum Gasteiger partial charge on any atom is 0.337 e. The minimum atomic E-state index is -4.24. The molecule has 2 aromatic carbocycles. The molecule has 0 amide bonds. The van der Waals surface area contributed by atoms with Crippen molar-refractivity contribution in [1.82, 2.24) is 0 Å². The Bertz CT molecular complexity index is 743. The lowest BCUT2D eigenvalue weighted by molar-refractivity contribution is -0.500. The van der Waals surface area contributed by atoms with Gasteiger partial charge in [-0.25, -0.2) is 8.42 Å². The van der Waals surface area contributed by atoms with E-state index < -0.39 is 26.7 Å². The van der Waals surface area contributed by atoms with Crippen molar-refractivity contribution in [2.75, 3.05) is 6.61 Å². The van der Waals surface area contributed by atoms with E-state index in [1.54, 1.807) is 24.3 Å². The molecule has 0 fully saturated rings. The quantitative estimate of drug-likeness (QED) is 0.642. The first-order chi connectivity index (χ1) is 10.4. The second-order valence-electron chi connectivity index (χ2n) is 4.35. The molecule has 0 aliphatic carbocycles. The summed E-state index contributed by atoms with van der Waals surface area (Å²) >= 11 is 0. The van der Waals surface area contributed by atoms with Crippen LogP contribution in [-0.4, -0.2) is 30.4 Å². The summed E-state index contributed by atoms with van der Waals surface area (Å²) in [5, 5.41) is 17.5. The fourth-order valence-electron chi connectivity index (χ4n) is 1.76. The van der Waals surface area contributed by atoms with E-state index in [0.717, 1.165) is 0 Å². The summed E-state index contributed by atoms with van der Waals surface area (Å²) in [7, 11) is -4.24. The van der Waals surface area contributed by atoms with Gasteiger partial charge in [0.25, 0.3) is 0 Å². The van der Waals surface area contributed by atoms with Crippen molar-refractivity contribution < 1.29 is 23.2 Å². The number of sulfone groups is 1. The molecule has 7 nitrogen and oxygen atoms in total. The summed E-state index contributed by atoms with van der Waals surface area (Å²) in [5.74, 6) is 0.975. The number of aliphatic hydroxyl groups is 1. The van der Waals surface area contributed by atoms with Gasteiger partial charge in [0.05, 0.1) is 4.90 Å². The smallest absolute Gasteiger partial charge is 0.337 e. The number of nitro groups is 1. The zero-order valence-electron chi connectivity index (χ0n) is 11.3. The monoisotopic (exact) mass is 323 g/mol. The molecule has 8 heteroatoms. The van der Waals surface area contributed by atoms with Crippen LogP contribution in [0.5, 0.6) is 11.5 Å². The number of hydrogen-bond donors (Lipinski definition) is 1. The molecule has 0 saturated heterocycles. The first-order valence-electron chi connectivity index (χ1n) is 6.26. The normalized spacial score (nSPS) is 12.6. The second kappa shape index (κ2) is 6.54. The van der Waals surface area contributed by atoms with E-state index in [1.165, 1.54) is 24.3 Å². The van der Waals surface area contributed by atoms with Crippen LogP contribution in [0.4, 0.5) is 0 Å². The van der Waals surface area contributed by atoms with E-state index >= 15 is 0 Å². The van der Waals surface area contributed by atoms with Crippen molar-refractivity contribution in [2.24, 2.45) is 0 Å². The Morgan fingerprint density at radius 3 is 2.09 bits per heavy atom. The van der Waals surface area contributed by atoms with Gasteiger partial charge >= 0.3 is 5.37 Å². The lowest BCUT2D eigenvalue weighted by Crippen LogP contribution is -2.33. The van der Waals surface area contributed by atoms with Gasteiger partial charge < -0.3 is 9.84 Å². The van der Waals surface area contributed by atoms with Gasteiger partial charge in [-0.05, 0) is 36.4 Å². The zero-order valence-corrected chi connectivity index (χ0v) is 12.1. The molecule has 0 bridgehead atoms. The number of nitrogens with zero attached hydrogens (tertiary/aromatic N) is 1. The molecule has 0 aliphatic rings. The molecular formula is C14H13NO6S. The molecule has 0 aliphatic heterocycles. The van der Waals surface area contributed by atoms with Crippen LogP contribution >= 0.6 is 0 Å². The molecule has 0 saturated carbocycles. The maximum atomic E-state index is 12.0. The third kappa shape index (κ3) is 3.41. The van der Waals surface area contributed by atoms with Gasteiger partial charge in [-0.15, -0.1) is 0 Å².